The van der Waals surface area contributed by atoms with Crippen molar-refractivity contribution in [1.82, 2.24) is 5.32 Å². The third-order valence-electron chi connectivity index (χ3n) is 5.81. The van der Waals surface area contributed by atoms with Gasteiger partial charge in [-0.1, -0.05) is 24.3 Å². The Hall–Kier alpha value is -4.20. The summed E-state index contributed by atoms with van der Waals surface area (Å²) in [6, 6.07) is 19.7. The summed E-state index contributed by atoms with van der Waals surface area (Å²) in [6.45, 7) is 4.34. The van der Waals surface area contributed by atoms with Crippen LogP contribution in [0.25, 0.3) is 0 Å². The Morgan fingerprint density at radius 3 is 2.42 bits per heavy atom. The number of amides is 3. The Balaban J connectivity index is 1.39. The zero-order chi connectivity index (χ0) is 25.7. The van der Waals surface area contributed by atoms with E-state index >= 15 is 0 Å². The van der Waals surface area contributed by atoms with Crippen LogP contribution < -0.4 is 20.3 Å². The van der Waals surface area contributed by atoms with Crippen LogP contribution in [0.1, 0.15) is 36.2 Å². The Labute approximate surface area is 209 Å². The molecule has 36 heavy (non-hydrogen) atoms. The van der Waals surface area contributed by atoms with Crippen molar-refractivity contribution in [3.8, 4) is 5.75 Å². The van der Waals surface area contributed by atoms with Crippen LogP contribution in [0.5, 0.6) is 5.75 Å². The molecule has 7 nitrogen and oxygen atoms in total. The second kappa shape index (κ2) is 11.0. The van der Waals surface area contributed by atoms with Crippen LogP contribution in [0.3, 0.4) is 0 Å². The van der Waals surface area contributed by atoms with E-state index in [0.717, 1.165) is 5.56 Å². The monoisotopic (exact) mass is 489 g/mol. The average Bonchev–Trinajstić information content (AvgIpc) is 3.25. The standard InChI is InChI=1S/C28H28FN3O4/c1-18(2)36-23-13-11-22(12-14-23)32-17-20(15-26(32)33)27(34)31-25-6-4-3-5-24(25)28(35)30-16-19-7-9-21(29)10-8-19/h3-14,18,20H,15-17H2,1-2H3,(H,30,35)(H,31,34)/t20-/m1/s1. The number of carbonyl (C=O) groups is 3. The van der Waals surface area contributed by atoms with Crippen LogP contribution in [-0.4, -0.2) is 30.4 Å². The first-order valence-corrected chi connectivity index (χ1v) is 11.8. The number of halogens is 1. The van der Waals surface area contributed by atoms with Crippen LogP contribution >= 0.6 is 0 Å². The minimum absolute atomic E-state index is 0.0465. The maximum atomic E-state index is 13.1. The lowest BCUT2D eigenvalue weighted by atomic mass is 10.1. The van der Waals surface area contributed by atoms with Crippen LogP contribution in [0.4, 0.5) is 15.8 Å². The first kappa shape index (κ1) is 24.9. The predicted octanol–water partition coefficient (Wildman–Crippen LogP) is 4.53. The smallest absolute Gasteiger partial charge is 0.253 e. The second-order valence-corrected chi connectivity index (χ2v) is 8.91. The third-order valence-corrected chi connectivity index (χ3v) is 5.81. The quantitative estimate of drug-likeness (QED) is 0.487. The fourth-order valence-electron chi connectivity index (χ4n) is 4.01. The highest BCUT2D eigenvalue weighted by Crippen LogP contribution is 2.28. The van der Waals surface area contributed by atoms with E-state index in [2.05, 4.69) is 10.6 Å². The van der Waals surface area contributed by atoms with Crippen molar-refractivity contribution >= 4 is 29.1 Å². The average molecular weight is 490 g/mol. The summed E-state index contributed by atoms with van der Waals surface area (Å²) in [5.74, 6) is -1.03. The summed E-state index contributed by atoms with van der Waals surface area (Å²) >= 11 is 0. The molecule has 2 N–H and O–H groups in total. The SMILES string of the molecule is CC(C)Oc1ccc(N2C[C@H](C(=O)Nc3ccccc3C(=O)NCc3ccc(F)cc3)CC2=O)cc1. The molecule has 0 spiro atoms. The molecule has 3 aromatic rings. The van der Waals surface area contributed by atoms with Crippen LogP contribution in [0.2, 0.25) is 0 Å². The molecule has 1 fully saturated rings. The normalized spacial score (nSPS) is 15.2. The highest BCUT2D eigenvalue weighted by molar-refractivity contribution is 6.07. The highest BCUT2D eigenvalue weighted by Gasteiger charge is 2.35. The van der Waals surface area contributed by atoms with Gasteiger partial charge in [0, 0.05) is 25.2 Å². The first-order chi connectivity index (χ1) is 17.3. The molecule has 8 heteroatoms. The Morgan fingerprint density at radius 2 is 1.72 bits per heavy atom. The molecule has 0 aliphatic carbocycles. The fraction of sp³-hybridized carbons (Fsp3) is 0.250. The molecule has 1 heterocycles. The lowest BCUT2D eigenvalue weighted by molar-refractivity contribution is -0.122. The molecule has 3 aromatic carbocycles. The number of hydrogen-bond acceptors (Lipinski definition) is 4. The lowest BCUT2D eigenvalue weighted by Gasteiger charge is -2.18. The molecule has 0 aromatic heterocycles. The van der Waals surface area contributed by atoms with Gasteiger partial charge in [-0.2, -0.15) is 0 Å². The summed E-state index contributed by atoms with van der Waals surface area (Å²) < 4.78 is 18.7. The van der Waals surface area contributed by atoms with Gasteiger partial charge in [0.1, 0.15) is 11.6 Å². The van der Waals surface area contributed by atoms with Crippen LogP contribution in [0.15, 0.2) is 72.8 Å². The molecule has 1 aliphatic heterocycles. The maximum absolute atomic E-state index is 13.1. The Bertz CT molecular complexity index is 1240. The molecule has 186 valence electrons. The van der Waals surface area contributed by atoms with Crippen LogP contribution in [0, 0.1) is 11.7 Å². The topological polar surface area (TPSA) is 87.7 Å². The molecular formula is C28H28FN3O4. The number of benzene rings is 3. The van der Waals surface area contributed by atoms with Gasteiger partial charge < -0.3 is 20.3 Å². The zero-order valence-corrected chi connectivity index (χ0v) is 20.2. The molecule has 4 rings (SSSR count). The molecular weight excluding hydrogens is 461 g/mol. The van der Waals surface area contributed by atoms with Gasteiger partial charge in [0.2, 0.25) is 11.8 Å². The number of rotatable bonds is 8. The van der Waals surface area contributed by atoms with Crippen molar-refractivity contribution in [3.63, 3.8) is 0 Å². The molecule has 0 saturated carbocycles. The summed E-state index contributed by atoms with van der Waals surface area (Å²) in [5, 5.41) is 5.60. The number of hydrogen-bond donors (Lipinski definition) is 2. The van der Waals surface area contributed by atoms with E-state index < -0.39 is 5.92 Å². The minimum Gasteiger partial charge on any atom is -0.491 e. The molecule has 1 aliphatic rings. The maximum Gasteiger partial charge on any atom is 0.253 e. The van der Waals surface area contributed by atoms with E-state index in [9.17, 15) is 18.8 Å². The van der Waals surface area contributed by atoms with Gasteiger partial charge in [0.15, 0.2) is 0 Å². The largest absolute Gasteiger partial charge is 0.491 e. The summed E-state index contributed by atoms with van der Waals surface area (Å²) in [5.41, 5.74) is 2.11. The number of nitrogens with one attached hydrogen (secondary N) is 2. The van der Waals surface area contributed by atoms with Crippen molar-refractivity contribution in [2.24, 2.45) is 5.92 Å². The third kappa shape index (κ3) is 6.07. The lowest BCUT2D eigenvalue weighted by Crippen LogP contribution is -2.29. The predicted molar refractivity (Wildman–Crippen MR) is 135 cm³/mol. The zero-order valence-electron chi connectivity index (χ0n) is 20.2. The summed E-state index contributed by atoms with van der Waals surface area (Å²) in [4.78, 5) is 40.0. The number of carbonyl (C=O) groups excluding carboxylic acids is 3. The van der Waals surface area contributed by atoms with Crippen molar-refractivity contribution in [2.75, 3.05) is 16.8 Å². The van der Waals surface area contributed by atoms with E-state index in [1.807, 2.05) is 13.8 Å². The molecule has 0 unspecified atom stereocenters. The van der Waals surface area contributed by atoms with E-state index in [0.29, 0.717) is 22.7 Å². The number of anilines is 2. The molecule has 3 amide bonds. The fourth-order valence-corrected chi connectivity index (χ4v) is 4.01. The number of nitrogens with zero attached hydrogens (tertiary/aromatic N) is 1. The van der Waals surface area contributed by atoms with Crippen molar-refractivity contribution in [3.05, 3.63) is 89.7 Å². The first-order valence-electron chi connectivity index (χ1n) is 11.8. The van der Waals surface area contributed by atoms with Gasteiger partial charge in [-0.05, 0) is 67.9 Å². The van der Waals surface area contributed by atoms with Crippen molar-refractivity contribution in [1.29, 1.82) is 0 Å². The second-order valence-electron chi connectivity index (χ2n) is 8.91. The van der Waals surface area contributed by atoms with Gasteiger partial charge in [0.05, 0.1) is 23.3 Å². The number of para-hydroxylation sites is 1. The minimum atomic E-state index is -0.556. The summed E-state index contributed by atoms with van der Waals surface area (Å²) in [6.07, 6.45) is 0.125. The summed E-state index contributed by atoms with van der Waals surface area (Å²) in [7, 11) is 0. The van der Waals surface area contributed by atoms with Gasteiger partial charge in [0.25, 0.3) is 5.91 Å². The Morgan fingerprint density at radius 1 is 1.03 bits per heavy atom. The highest BCUT2D eigenvalue weighted by atomic mass is 19.1. The molecule has 1 atom stereocenters. The van der Waals surface area contributed by atoms with Crippen LogP contribution in [-0.2, 0) is 16.1 Å². The van der Waals surface area contributed by atoms with Gasteiger partial charge in [-0.15, -0.1) is 0 Å². The van der Waals surface area contributed by atoms with Gasteiger partial charge >= 0.3 is 0 Å². The van der Waals surface area contributed by atoms with E-state index in [-0.39, 0.29) is 49.2 Å². The molecule has 0 bridgehead atoms. The van der Waals surface area contributed by atoms with E-state index in [1.54, 1.807) is 65.6 Å². The van der Waals surface area contributed by atoms with Gasteiger partial charge in [-0.3, -0.25) is 14.4 Å². The van der Waals surface area contributed by atoms with E-state index in [4.69, 9.17) is 4.74 Å². The van der Waals surface area contributed by atoms with Crippen molar-refractivity contribution in [2.45, 2.75) is 32.9 Å². The van der Waals surface area contributed by atoms with Gasteiger partial charge in [-0.25, -0.2) is 4.39 Å². The molecule has 1 saturated heterocycles. The van der Waals surface area contributed by atoms with E-state index in [1.165, 1.54) is 12.1 Å². The Kier molecular flexibility index (Phi) is 7.63. The van der Waals surface area contributed by atoms with Crippen molar-refractivity contribution < 1.29 is 23.5 Å². The number of ether oxygens (including phenoxy) is 1. The molecule has 0 radical (unpaired) electrons.